The Bertz CT molecular complexity index is 518. The third-order valence-corrected chi connectivity index (χ3v) is 4.29. The lowest BCUT2D eigenvalue weighted by Gasteiger charge is -2.32. The van der Waals surface area contributed by atoms with Crippen LogP contribution in [0.3, 0.4) is 0 Å². The highest BCUT2D eigenvalue weighted by atomic mass is 35.5. The smallest absolute Gasteiger partial charge is 0.320 e. The molecule has 1 aromatic carbocycles. The molecule has 0 aromatic heterocycles. The summed E-state index contributed by atoms with van der Waals surface area (Å²) in [6, 6.07) is 8.11. The number of carbonyl (C=O) groups excluding carboxylic acids is 1. The fraction of sp³-hybridized carbons (Fsp3) is 0.556. The normalized spacial score (nSPS) is 16.8. The van der Waals surface area contributed by atoms with Crippen LogP contribution in [0.1, 0.15) is 50.6 Å². The van der Waals surface area contributed by atoms with Gasteiger partial charge < -0.3 is 10.0 Å². The minimum Gasteiger partial charge on any atom is -0.480 e. The first kappa shape index (κ1) is 20.5. The number of halogens is 1. The molecule has 1 aliphatic heterocycles. The van der Waals surface area contributed by atoms with Gasteiger partial charge in [-0.05, 0) is 31.2 Å². The number of carbonyl (C=O) groups is 2. The molecule has 24 heavy (non-hydrogen) atoms. The number of nitrogens with zero attached hydrogens (tertiary/aromatic N) is 1. The average Bonchev–Trinajstić information content (AvgIpc) is 2.59. The van der Waals surface area contributed by atoms with Crippen molar-refractivity contribution in [1.29, 1.82) is 0 Å². The monoisotopic (exact) mass is 354 g/mol. The van der Waals surface area contributed by atoms with E-state index in [0.717, 1.165) is 44.3 Å². The zero-order valence-corrected chi connectivity index (χ0v) is 14.9. The van der Waals surface area contributed by atoms with Crippen LogP contribution in [0.5, 0.6) is 0 Å². The van der Waals surface area contributed by atoms with Crippen LogP contribution in [0.15, 0.2) is 30.3 Å². The maximum atomic E-state index is 12.9. The molecule has 0 aliphatic carbocycles. The maximum absolute atomic E-state index is 12.9. The fourth-order valence-electron chi connectivity index (χ4n) is 3.02. The molecule has 0 saturated carbocycles. The first-order valence-corrected chi connectivity index (χ1v) is 8.46. The number of carboxylic acids is 1. The zero-order valence-electron chi connectivity index (χ0n) is 14.1. The number of carboxylic acid groups (broad SMARTS) is 1. The largest absolute Gasteiger partial charge is 0.480 e. The standard InChI is InChI=1S/C18H26N2O3.ClH/c1-2-9-15(18(22)23)19-16(14-10-5-3-6-11-14)17(21)20-12-7-4-8-13-20;/h3,5-6,10-11,15-16,19H,2,4,7-9,12-13H2,1H3,(H,22,23);1H. The summed E-state index contributed by atoms with van der Waals surface area (Å²) < 4.78 is 0. The molecule has 2 atom stereocenters. The SMILES string of the molecule is CCCC(NC(C(=O)N1CCCCC1)c1ccccc1)C(=O)O.Cl. The van der Waals surface area contributed by atoms with Crippen LogP contribution >= 0.6 is 12.4 Å². The number of likely N-dealkylation sites (tertiary alicyclic amines) is 1. The van der Waals surface area contributed by atoms with Crippen LogP contribution in [-0.2, 0) is 9.59 Å². The Labute approximate surface area is 149 Å². The van der Waals surface area contributed by atoms with Gasteiger partial charge in [0.1, 0.15) is 12.1 Å². The van der Waals surface area contributed by atoms with Gasteiger partial charge in [-0.1, -0.05) is 43.7 Å². The molecule has 1 amide bonds. The minimum absolute atomic E-state index is 0. The number of aliphatic carboxylic acids is 1. The summed E-state index contributed by atoms with van der Waals surface area (Å²) in [5.74, 6) is -0.919. The second-order valence-corrected chi connectivity index (χ2v) is 6.08. The van der Waals surface area contributed by atoms with Crippen LogP contribution in [0.25, 0.3) is 0 Å². The lowest BCUT2D eigenvalue weighted by molar-refractivity contribution is -0.141. The lowest BCUT2D eigenvalue weighted by atomic mass is 10.0. The molecule has 2 rings (SSSR count). The van der Waals surface area contributed by atoms with Crippen molar-refractivity contribution in [1.82, 2.24) is 10.2 Å². The topological polar surface area (TPSA) is 69.6 Å². The number of hydrogen-bond donors (Lipinski definition) is 2. The molecule has 134 valence electrons. The van der Waals surface area contributed by atoms with Gasteiger partial charge in [-0.25, -0.2) is 0 Å². The van der Waals surface area contributed by atoms with E-state index in [2.05, 4.69) is 5.32 Å². The number of rotatable bonds is 7. The molecule has 0 spiro atoms. The Hall–Kier alpha value is -1.59. The predicted molar refractivity (Wildman–Crippen MR) is 96.3 cm³/mol. The molecule has 1 saturated heterocycles. The first-order chi connectivity index (χ1) is 11.1. The van der Waals surface area contributed by atoms with Crippen LogP contribution in [0.4, 0.5) is 0 Å². The highest BCUT2D eigenvalue weighted by molar-refractivity contribution is 5.85. The van der Waals surface area contributed by atoms with E-state index in [1.807, 2.05) is 42.2 Å². The van der Waals surface area contributed by atoms with Crippen molar-refractivity contribution in [3.05, 3.63) is 35.9 Å². The molecular formula is C18H27ClN2O3. The summed E-state index contributed by atoms with van der Waals surface area (Å²) in [5, 5.41) is 12.5. The van der Waals surface area contributed by atoms with E-state index in [1.165, 1.54) is 0 Å². The van der Waals surface area contributed by atoms with Crippen molar-refractivity contribution in [2.45, 2.75) is 51.1 Å². The summed E-state index contributed by atoms with van der Waals surface area (Å²) in [6.07, 6.45) is 4.45. The molecule has 5 nitrogen and oxygen atoms in total. The van der Waals surface area contributed by atoms with E-state index in [1.54, 1.807) is 0 Å². The number of hydrogen-bond acceptors (Lipinski definition) is 3. The van der Waals surface area contributed by atoms with Gasteiger partial charge in [-0.15, -0.1) is 12.4 Å². The Morgan fingerprint density at radius 3 is 2.33 bits per heavy atom. The zero-order chi connectivity index (χ0) is 16.7. The average molecular weight is 355 g/mol. The number of nitrogens with one attached hydrogen (secondary N) is 1. The van der Waals surface area contributed by atoms with Gasteiger partial charge in [-0.2, -0.15) is 0 Å². The Kier molecular flexibility index (Phi) is 8.79. The summed E-state index contributed by atoms with van der Waals surface area (Å²) >= 11 is 0. The van der Waals surface area contributed by atoms with Crippen LogP contribution in [-0.4, -0.2) is 41.0 Å². The predicted octanol–water partition coefficient (Wildman–Crippen LogP) is 3.00. The molecule has 2 N–H and O–H groups in total. The van der Waals surface area contributed by atoms with Gasteiger partial charge >= 0.3 is 5.97 Å². The summed E-state index contributed by atoms with van der Waals surface area (Å²) in [7, 11) is 0. The highest BCUT2D eigenvalue weighted by Gasteiger charge is 2.30. The second-order valence-electron chi connectivity index (χ2n) is 6.08. The van der Waals surface area contributed by atoms with Crippen LogP contribution < -0.4 is 5.32 Å². The van der Waals surface area contributed by atoms with Crippen molar-refractivity contribution in [2.24, 2.45) is 0 Å². The molecule has 0 bridgehead atoms. The van der Waals surface area contributed by atoms with Gasteiger partial charge in [0.2, 0.25) is 5.91 Å². The second kappa shape index (κ2) is 10.3. The third-order valence-electron chi connectivity index (χ3n) is 4.29. The number of amides is 1. The summed E-state index contributed by atoms with van der Waals surface area (Å²) in [6.45, 7) is 3.46. The highest BCUT2D eigenvalue weighted by Crippen LogP contribution is 2.20. The lowest BCUT2D eigenvalue weighted by Crippen LogP contribution is -2.48. The molecule has 1 fully saturated rings. The van der Waals surface area contributed by atoms with Crippen molar-refractivity contribution in [3.63, 3.8) is 0 Å². The minimum atomic E-state index is -0.903. The van der Waals surface area contributed by atoms with Crippen molar-refractivity contribution in [3.8, 4) is 0 Å². The fourth-order valence-corrected chi connectivity index (χ4v) is 3.02. The van der Waals surface area contributed by atoms with E-state index in [4.69, 9.17) is 0 Å². The van der Waals surface area contributed by atoms with E-state index in [9.17, 15) is 14.7 Å². The molecule has 1 aliphatic rings. The van der Waals surface area contributed by atoms with Crippen LogP contribution in [0.2, 0.25) is 0 Å². The maximum Gasteiger partial charge on any atom is 0.320 e. The van der Waals surface area contributed by atoms with Gasteiger partial charge in [0.25, 0.3) is 0 Å². The van der Waals surface area contributed by atoms with Gasteiger partial charge in [0.15, 0.2) is 0 Å². The van der Waals surface area contributed by atoms with Crippen molar-refractivity contribution >= 4 is 24.3 Å². The molecule has 0 radical (unpaired) electrons. The quantitative estimate of drug-likeness (QED) is 0.789. The summed E-state index contributed by atoms with van der Waals surface area (Å²) in [4.78, 5) is 26.3. The van der Waals surface area contributed by atoms with Crippen LogP contribution in [0, 0.1) is 0 Å². The van der Waals surface area contributed by atoms with Crippen molar-refractivity contribution in [2.75, 3.05) is 13.1 Å². The third kappa shape index (κ3) is 5.49. The molecule has 2 unspecified atom stereocenters. The molecule has 6 heteroatoms. The van der Waals surface area contributed by atoms with E-state index >= 15 is 0 Å². The Morgan fingerprint density at radius 2 is 1.79 bits per heavy atom. The number of benzene rings is 1. The van der Waals surface area contributed by atoms with Crippen molar-refractivity contribution < 1.29 is 14.7 Å². The van der Waals surface area contributed by atoms with Gasteiger partial charge in [-0.3, -0.25) is 14.9 Å². The summed E-state index contributed by atoms with van der Waals surface area (Å²) in [5.41, 5.74) is 0.824. The molecule has 1 heterocycles. The van der Waals surface area contributed by atoms with E-state index < -0.39 is 18.1 Å². The molecular weight excluding hydrogens is 328 g/mol. The van der Waals surface area contributed by atoms with Gasteiger partial charge in [0, 0.05) is 13.1 Å². The van der Waals surface area contributed by atoms with E-state index in [-0.39, 0.29) is 18.3 Å². The Morgan fingerprint density at radius 1 is 1.17 bits per heavy atom. The van der Waals surface area contributed by atoms with E-state index in [0.29, 0.717) is 6.42 Å². The Balaban J connectivity index is 0.00000288. The number of piperidine rings is 1. The van der Waals surface area contributed by atoms with Gasteiger partial charge in [0.05, 0.1) is 0 Å². The first-order valence-electron chi connectivity index (χ1n) is 8.46. The molecule has 1 aromatic rings.